The minimum absolute atomic E-state index is 0.0198. The van der Waals surface area contributed by atoms with Crippen LogP contribution in [0.5, 0.6) is 17.2 Å². The number of allylic oxidation sites excluding steroid dienone is 1. The number of fused-ring (bicyclic) bond motifs is 3. The molecule has 1 fully saturated rings. The molecule has 0 bridgehead atoms. The SMILES string of the molecule is C=CCOC12Oc3ccc(Oc4ccc5ccccc5c4)cc3C3C(CCCCO)C(CCCCO)C=C(C(=NOCc4ccc([N+](=O)[O-])cc4)CC1N(CCC)C(=O)OCC)C32. The van der Waals surface area contributed by atoms with Gasteiger partial charge in [0.15, 0.2) is 0 Å². The highest BCUT2D eigenvalue weighted by Crippen LogP contribution is 2.62. The maximum Gasteiger partial charge on any atom is 0.410 e. The van der Waals surface area contributed by atoms with Crippen LogP contribution in [0.1, 0.15) is 82.3 Å². The second kappa shape index (κ2) is 21.1. The molecule has 13 nitrogen and oxygen atoms in total. The summed E-state index contributed by atoms with van der Waals surface area (Å²) in [6, 6.07) is 25.5. The number of amides is 1. The predicted octanol–water partition coefficient (Wildman–Crippen LogP) is 10.2. The number of nitro groups is 1. The van der Waals surface area contributed by atoms with Gasteiger partial charge in [-0.25, -0.2) is 4.79 Å². The number of unbranched alkanes of at least 4 members (excludes halogenated alkanes) is 2. The summed E-state index contributed by atoms with van der Waals surface area (Å²) >= 11 is 0. The van der Waals surface area contributed by atoms with Crippen molar-refractivity contribution in [3.8, 4) is 17.2 Å². The molecule has 7 rings (SSSR count). The number of nitrogens with zero attached hydrogens (tertiary/aromatic N) is 3. The van der Waals surface area contributed by atoms with Gasteiger partial charge < -0.3 is 34.0 Å². The first kappa shape index (κ1) is 45.3. The van der Waals surface area contributed by atoms with Crippen LogP contribution in [0.3, 0.4) is 0 Å². The van der Waals surface area contributed by atoms with Gasteiger partial charge in [0.25, 0.3) is 5.69 Å². The lowest BCUT2D eigenvalue weighted by Gasteiger charge is -2.59. The third kappa shape index (κ3) is 9.91. The van der Waals surface area contributed by atoms with Crippen LogP contribution in [0.4, 0.5) is 10.5 Å². The topological polar surface area (TPSA) is 162 Å². The molecule has 1 saturated carbocycles. The first-order chi connectivity index (χ1) is 30.7. The predicted molar refractivity (Wildman–Crippen MR) is 241 cm³/mol. The summed E-state index contributed by atoms with van der Waals surface area (Å²) in [6.07, 6.45) is 8.78. The molecule has 0 aromatic heterocycles. The molecule has 334 valence electrons. The molecule has 13 heteroatoms. The molecule has 2 N–H and O–H groups in total. The van der Waals surface area contributed by atoms with Crippen LogP contribution < -0.4 is 9.47 Å². The quantitative estimate of drug-likeness (QED) is 0.0357. The van der Waals surface area contributed by atoms with E-state index in [1.807, 2.05) is 49.4 Å². The van der Waals surface area contributed by atoms with E-state index < -0.39 is 28.8 Å². The Morgan fingerprint density at radius 3 is 2.41 bits per heavy atom. The molecule has 0 radical (unpaired) electrons. The molecule has 63 heavy (non-hydrogen) atoms. The van der Waals surface area contributed by atoms with Crippen LogP contribution >= 0.6 is 0 Å². The third-order valence-electron chi connectivity index (χ3n) is 12.5. The van der Waals surface area contributed by atoms with E-state index in [1.165, 1.54) is 12.1 Å². The Labute approximate surface area is 369 Å². The highest BCUT2D eigenvalue weighted by atomic mass is 16.7. The molecule has 4 aromatic carbocycles. The van der Waals surface area contributed by atoms with Gasteiger partial charge in [0, 0.05) is 49.8 Å². The number of benzene rings is 4. The number of carbonyl (C=O) groups excluding carboxylic acids is 1. The van der Waals surface area contributed by atoms with Gasteiger partial charge in [-0.3, -0.25) is 15.0 Å². The van der Waals surface area contributed by atoms with Gasteiger partial charge in [-0.05, 0) is 115 Å². The first-order valence-electron chi connectivity index (χ1n) is 22.3. The molecule has 0 saturated heterocycles. The van der Waals surface area contributed by atoms with Crippen molar-refractivity contribution < 1.29 is 43.7 Å². The Morgan fingerprint density at radius 1 is 0.968 bits per heavy atom. The summed E-state index contributed by atoms with van der Waals surface area (Å²) in [5, 5.41) is 38.3. The number of rotatable bonds is 21. The Kier molecular flexibility index (Phi) is 15.1. The third-order valence-corrected chi connectivity index (χ3v) is 12.5. The van der Waals surface area contributed by atoms with E-state index >= 15 is 0 Å². The van der Waals surface area contributed by atoms with Crippen molar-refractivity contribution in [2.45, 2.75) is 89.6 Å². The van der Waals surface area contributed by atoms with E-state index in [-0.39, 0.29) is 62.9 Å². The summed E-state index contributed by atoms with van der Waals surface area (Å²) in [4.78, 5) is 32.9. The van der Waals surface area contributed by atoms with Crippen LogP contribution in [0.25, 0.3) is 10.8 Å². The summed E-state index contributed by atoms with van der Waals surface area (Å²) in [7, 11) is 0. The lowest BCUT2D eigenvalue weighted by Crippen LogP contribution is -2.70. The number of aliphatic hydroxyl groups is 2. The van der Waals surface area contributed by atoms with Crippen LogP contribution in [0.15, 0.2) is 114 Å². The number of hydrogen-bond donors (Lipinski definition) is 2. The van der Waals surface area contributed by atoms with Crippen LogP contribution in [-0.4, -0.2) is 76.6 Å². The second-order valence-corrected chi connectivity index (χ2v) is 16.5. The van der Waals surface area contributed by atoms with Crippen molar-refractivity contribution in [1.29, 1.82) is 0 Å². The Bertz CT molecular complexity index is 2280. The first-order valence-corrected chi connectivity index (χ1v) is 22.3. The number of nitro benzene ring substituents is 1. The number of oxime groups is 1. The van der Waals surface area contributed by atoms with Gasteiger partial charge in [0.05, 0.1) is 29.8 Å². The van der Waals surface area contributed by atoms with Crippen molar-refractivity contribution in [2.75, 3.05) is 33.0 Å². The Morgan fingerprint density at radius 2 is 1.70 bits per heavy atom. The van der Waals surface area contributed by atoms with Crippen molar-refractivity contribution in [3.63, 3.8) is 0 Å². The number of hydrogen-bond acceptors (Lipinski definition) is 11. The summed E-state index contributed by atoms with van der Waals surface area (Å²) in [5.74, 6) is -0.168. The highest BCUT2D eigenvalue weighted by molar-refractivity contribution is 6.03. The summed E-state index contributed by atoms with van der Waals surface area (Å²) < 4.78 is 26.7. The smallest absolute Gasteiger partial charge is 0.410 e. The van der Waals surface area contributed by atoms with E-state index in [0.29, 0.717) is 54.3 Å². The fourth-order valence-electron chi connectivity index (χ4n) is 9.80. The molecule has 2 aliphatic carbocycles. The summed E-state index contributed by atoms with van der Waals surface area (Å²) in [6.45, 7) is 8.68. The van der Waals surface area contributed by atoms with Crippen molar-refractivity contribution in [3.05, 3.63) is 130 Å². The number of carbonyl (C=O) groups is 1. The number of aliphatic hydroxyl groups excluding tert-OH is 2. The molecular weight excluding hydrogens is 803 g/mol. The van der Waals surface area contributed by atoms with Crippen molar-refractivity contribution >= 4 is 28.3 Å². The average Bonchev–Trinajstić information content (AvgIpc) is 3.29. The van der Waals surface area contributed by atoms with Gasteiger partial charge in [-0.15, -0.1) is 6.58 Å². The Balaban J connectivity index is 1.41. The summed E-state index contributed by atoms with van der Waals surface area (Å²) in [5.41, 5.74) is 3.15. The molecular formula is C50H59N3O10. The fourth-order valence-corrected chi connectivity index (χ4v) is 9.80. The maximum atomic E-state index is 14.1. The Hall–Kier alpha value is -5.76. The minimum atomic E-state index is -1.43. The standard InChI is InChI=1S/C50H59N3O10/c1-4-25-52(49(56)59-6-3)46-32-44(51-61-33-34-17-20-38(21-18-34)53(57)58)42-30-37(15-9-11-26-54)41(16-10-12-27-55)47-43-31-40(62-39-22-19-35-13-7-8-14-36(35)29-39)23-24-45(43)63-50(46,48(42)47)60-28-5-2/h5,7-8,13-14,17-24,29-31,37,41,46-48,54-55H,2,4,6,9-12,15-16,25-28,32-33H2,1,3H3. The van der Waals surface area contributed by atoms with Crippen LogP contribution in [0, 0.1) is 27.9 Å². The molecule has 0 spiro atoms. The number of non-ortho nitro benzene ring substituents is 1. The number of ether oxygens (including phenoxy) is 4. The molecule has 1 aliphatic heterocycles. The van der Waals surface area contributed by atoms with Gasteiger partial charge in [0.2, 0.25) is 5.79 Å². The average molecular weight is 862 g/mol. The van der Waals surface area contributed by atoms with Gasteiger partial charge in [-0.2, -0.15) is 0 Å². The van der Waals surface area contributed by atoms with Gasteiger partial charge in [-0.1, -0.05) is 67.4 Å². The highest BCUT2D eigenvalue weighted by Gasteiger charge is 2.65. The minimum Gasteiger partial charge on any atom is -0.459 e. The monoisotopic (exact) mass is 861 g/mol. The van der Waals surface area contributed by atoms with Crippen LogP contribution in [0.2, 0.25) is 0 Å². The molecule has 6 atom stereocenters. The van der Waals surface area contributed by atoms with Gasteiger partial charge >= 0.3 is 6.09 Å². The van der Waals surface area contributed by atoms with E-state index in [1.54, 1.807) is 30.0 Å². The fraction of sp³-hybridized carbons (Fsp3) is 0.440. The van der Waals surface area contributed by atoms with E-state index in [4.69, 9.17) is 28.9 Å². The lowest BCUT2D eigenvalue weighted by molar-refractivity contribution is -0.384. The molecule has 4 aromatic rings. The zero-order valence-electron chi connectivity index (χ0n) is 36.2. The zero-order valence-corrected chi connectivity index (χ0v) is 36.2. The maximum absolute atomic E-state index is 14.1. The second-order valence-electron chi connectivity index (χ2n) is 16.5. The van der Waals surface area contributed by atoms with E-state index in [0.717, 1.165) is 47.6 Å². The molecule has 1 amide bonds. The van der Waals surface area contributed by atoms with E-state index in [9.17, 15) is 25.1 Å². The normalized spacial score (nSPS) is 22.9. The van der Waals surface area contributed by atoms with Crippen LogP contribution in [-0.2, 0) is 20.9 Å². The molecule has 3 aliphatic rings. The van der Waals surface area contributed by atoms with Gasteiger partial charge in [0.1, 0.15) is 29.9 Å². The van der Waals surface area contributed by atoms with Crippen molar-refractivity contribution in [2.24, 2.45) is 22.9 Å². The lowest BCUT2D eigenvalue weighted by atomic mass is 9.55. The van der Waals surface area contributed by atoms with Crippen molar-refractivity contribution in [1.82, 2.24) is 4.90 Å². The zero-order chi connectivity index (χ0) is 44.3. The molecule has 6 unspecified atom stereocenters. The largest absolute Gasteiger partial charge is 0.459 e. The molecule has 1 heterocycles. The van der Waals surface area contributed by atoms with E-state index in [2.05, 4.69) is 30.9 Å².